The Bertz CT molecular complexity index is 350. The molecule has 14 heavy (non-hydrogen) atoms. The second kappa shape index (κ2) is 5.00. The lowest BCUT2D eigenvalue weighted by Gasteiger charge is -2.08. The van der Waals surface area contributed by atoms with E-state index in [0.29, 0.717) is 11.3 Å². The van der Waals surface area contributed by atoms with Crippen LogP contribution in [0.25, 0.3) is 6.08 Å². The van der Waals surface area contributed by atoms with E-state index in [1.165, 1.54) is 26.4 Å². The van der Waals surface area contributed by atoms with Gasteiger partial charge in [0.05, 0.1) is 14.2 Å². The van der Waals surface area contributed by atoms with Crippen LogP contribution in [0.5, 0.6) is 11.5 Å². The molecule has 1 rings (SSSR count). The van der Waals surface area contributed by atoms with Crippen LogP contribution in [0.1, 0.15) is 5.56 Å². The highest BCUT2D eigenvalue weighted by molar-refractivity contribution is 9.11. The Hall–Kier alpha value is -1.03. The third-order valence-corrected chi connectivity index (χ3v) is 2.01. The van der Waals surface area contributed by atoms with Gasteiger partial charge in [0, 0.05) is 11.6 Å². The number of hydrogen-bond acceptors (Lipinski definition) is 2. The van der Waals surface area contributed by atoms with Gasteiger partial charge in [0.1, 0.15) is 5.75 Å². The summed E-state index contributed by atoms with van der Waals surface area (Å²) in [5.41, 5.74) is 0.655. The van der Waals surface area contributed by atoms with Crippen LogP contribution in [0.4, 0.5) is 4.39 Å². The highest BCUT2D eigenvalue weighted by atomic mass is 79.9. The van der Waals surface area contributed by atoms with Crippen LogP contribution >= 0.6 is 15.9 Å². The SMILES string of the molecule is COc1cc(OC)c(/C=C/Br)cc1F. The number of hydrogen-bond donors (Lipinski definition) is 0. The molecule has 0 unspecified atom stereocenters. The molecule has 0 bridgehead atoms. The summed E-state index contributed by atoms with van der Waals surface area (Å²) >= 11 is 3.12. The molecule has 0 aliphatic rings. The monoisotopic (exact) mass is 260 g/mol. The van der Waals surface area contributed by atoms with Gasteiger partial charge in [0.15, 0.2) is 11.6 Å². The second-order valence-corrected chi connectivity index (χ2v) is 3.05. The Morgan fingerprint density at radius 1 is 1.21 bits per heavy atom. The minimum Gasteiger partial charge on any atom is -0.496 e. The number of methoxy groups -OCH3 is 2. The summed E-state index contributed by atoms with van der Waals surface area (Å²) in [6.07, 6.45) is 1.70. The molecule has 4 heteroatoms. The standard InChI is InChI=1S/C10H10BrFO2/c1-13-9-6-10(14-2)8(12)5-7(9)3-4-11/h3-6H,1-2H3/b4-3+. The molecule has 1 aromatic rings. The highest BCUT2D eigenvalue weighted by Gasteiger charge is 2.08. The minimum absolute atomic E-state index is 0.175. The third-order valence-electron chi connectivity index (χ3n) is 1.75. The molecule has 76 valence electrons. The van der Waals surface area contributed by atoms with Crippen molar-refractivity contribution in [2.45, 2.75) is 0 Å². The zero-order valence-electron chi connectivity index (χ0n) is 7.88. The van der Waals surface area contributed by atoms with Gasteiger partial charge in [-0.2, -0.15) is 0 Å². The first-order valence-electron chi connectivity index (χ1n) is 3.91. The molecule has 0 heterocycles. The fraction of sp³-hybridized carbons (Fsp3) is 0.200. The Kier molecular flexibility index (Phi) is 3.95. The molecule has 0 N–H and O–H groups in total. The van der Waals surface area contributed by atoms with Crippen molar-refractivity contribution in [3.63, 3.8) is 0 Å². The van der Waals surface area contributed by atoms with E-state index in [1.54, 1.807) is 11.1 Å². The maximum absolute atomic E-state index is 13.3. The average molecular weight is 261 g/mol. The number of ether oxygens (including phenoxy) is 2. The topological polar surface area (TPSA) is 18.5 Å². The van der Waals surface area contributed by atoms with Crippen molar-refractivity contribution in [2.24, 2.45) is 0 Å². The van der Waals surface area contributed by atoms with E-state index < -0.39 is 5.82 Å². The molecule has 0 aliphatic heterocycles. The van der Waals surface area contributed by atoms with Crippen LogP contribution in [0.3, 0.4) is 0 Å². The molecule has 1 aromatic carbocycles. The van der Waals surface area contributed by atoms with E-state index in [-0.39, 0.29) is 5.75 Å². The fourth-order valence-electron chi connectivity index (χ4n) is 1.08. The van der Waals surface area contributed by atoms with E-state index in [2.05, 4.69) is 15.9 Å². The van der Waals surface area contributed by atoms with E-state index in [4.69, 9.17) is 9.47 Å². The highest BCUT2D eigenvalue weighted by Crippen LogP contribution is 2.28. The van der Waals surface area contributed by atoms with Gasteiger partial charge in [0.25, 0.3) is 0 Å². The van der Waals surface area contributed by atoms with Gasteiger partial charge in [-0.15, -0.1) is 0 Å². The van der Waals surface area contributed by atoms with Gasteiger partial charge in [-0.05, 0) is 17.1 Å². The Morgan fingerprint density at radius 3 is 2.36 bits per heavy atom. The largest absolute Gasteiger partial charge is 0.496 e. The lowest BCUT2D eigenvalue weighted by molar-refractivity contribution is 0.373. The van der Waals surface area contributed by atoms with Gasteiger partial charge in [0.2, 0.25) is 0 Å². The predicted octanol–water partition coefficient (Wildman–Crippen LogP) is 3.21. The molecular weight excluding hydrogens is 251 g/mol. The van der Waals surface area contributed by atoms with Crippen molar-refractivity contribution >= 4 is 22.0 Å². The summed E-state index contributed by atoms with van der Waals surface area (Å²) in [6.45, 7) is 0. The normalized spacial score (nSPS) is 10.6. The van der Waals surface area contributed by atoms with E-state index in [9.17, 15) is 4.39 Å². The number of halogens is 2. The zero-order chi connectivity index (χ0) is 10.6. The van der Waals surface area contributed by atoms with Crippen molar-refractivity contribution in [3.05, 3.63) is 28.5 Å². The van der Waals surface area contributed by atoms with E-state index in [1.807, 2.05) is 0 Å². The zero-order valence-corrected chi connectivity index (χ0v) is 9.47. The number of rotatable bonds is 3. The molecule has 0 radical (unpaired) electrons. The van der Waals surface area contributed by atoms with Gasteiger partial charge in [-0.1, -0.05) is 15.9 Å². The fourth-order valence-corrected chi connectivity index (χ4v) is 1.37. The van der Waals surface area contributed by atoms with Gasteiger partial charge < -0.3 is 9.47 Å². The Morgan fingerprint density at radius 2 is 1.86 bits per heavy atom. The minimum atomic E-state index is -0.408. The quantitative estimate of drug-likeness (QED) is 0.831. The van der Waals surface area contributed by atoms with Crippen molar-refractivity contribution < 1.29 is 13.9 Å². The van der Waals surface area contributed by atoms with Crippen molar-refractivity contribution in [2.75, 3.05) is 14.2 Å². The molecule has 0 saturated heterocycles. The van der Waals surface area contributed by atoms with Crippen LogP contribution < -0.4 is 9.47 Å². The van der Waals surface area contributed by atoms with Crippen LogP contribution in [-0.2, 0) is 0 Å². The maximum Gasteiger partial charge on any atom is 0.165 e. The Labute approximate surface area is 90.5 Å². The smallest absolute Gasteiger partial charge is 0.165 e. The summed E-state index contributed by atoms with van der Waals surface area (Å²) in [4.78, 5) is 1.64. The molecule has 0 fully saturated rings. The van der Waals surface area contributed by atoms with Crippen LogP contribution in [-0.4, -0.2) is 14.2 Å². The molecule has 0 amide bonds. The summed E-state index contributed by atoms with van der Waals surface area (Å²) in [6, 6.07) is 2.87. The van der Waals surface area contributed by atoms with Gasteiger partial charge in [-0.25, -0.2) is 4.39 Å². The van der Waals surface area contributed by atoms with E-state index in [0.717, 1.165) is 0 Å². The second-order valence-electron chi connectivity index (χ2n) is 2.52. The molecular formula is C10H10BrFO2. The summed E-state index contributed by atoms with van der Waals surface area (Å²) in [7, 11) is 2.94. The maximum atomic E-state index is 13.3. The molecule has 0 atom stereocenters. The Balaban J connectivity index is 3.24. The summed E-state index contributed by atoms with van der Waals surface area (Å²) in [5, 5.41) is 0. The first kappa shape index (κ1) is 11.0. The van der Waals surface area contributed by atoms with Crippen LogP contribution in [0, 0.1) is 5.82 Å². The first-order chi connectivity index (χ1) is 6.72. The van der Waals surface area contributed by atoms with E-state index >= 15 is 0 Å². The van der Waals surface area contributed by atoms with Gasteiger partial charge >= 0.3 is 0 Å². The summed E-state index contributed by atoms with van der Waals surface area (Å²) in [5.74, 6) is 0.335. The van der Waals surface area contributed by atoms with Crippen molar-refractivity contribution in [1.29, 1.82) is 0 Å². The van der Waals surface area contributed by atoms with Crippen LogP contribution in [0.15, 0.2) is 17.1 Å². The predicted molar refractivity (Wildman–Crippen MR) is 57.5 cm³/mol. The number of benzene rings is 1. The van der Waals surface area contributed by atoms with Crippen LogP contribution in [0.2, 0.25) is 0 Å². The third kappa shape index (κ3) is 2.26. The molecule has 0 spiro atoms. The first-order valence-corrected chi connectivity index (χ1v) is 4.82. The lowest BCUT2D eigenvalue weighted by atomic mass is 10.2. The van der Waals surface area contributed by atoms with Gasteiger partial charge in [-0.3, -0.25) is 0 Å². The molecule has 2 nitrogen and oxygen atoms in total. The molecule has 0 saturated carbocycles. The molecule has 0 aliphatic carbocycles. The van der Waals surface area contributed by atoms with Crippen molar-refractivity contribution in [1.82, 2.24) is 0 Å². The van der Waals surface area contributed by atoms with Crippen molar-refractivity contribution in [3.8, 4) is 11.5 Å². The summed E-state index contributed by atoms with van der Waals surface area (Å²) < 4.78 is 23.2. The average Bonchev–Trinajstić information content (AvgIpc) is 2.19. The molecule has 0 aromatic heterocycles. The lowest BCUT2D eigenvalue weighted by Crippen LogP contribution is -1.93.